The van der Waals surface area contributed by atoms with E-state index < -0.39 is 5.82 Å². The van der Waals surface area contributed by atoms with Crippen LogP contribution in [0.5, 0.6) is 0 Å². The van der Waals surface area contributed by atoms with E-state index in [2.05, 4.69) is 0 Å². The van der Waals surface area contributed by atoms with Crippen LogP contribution >= 0.6 is 23.2 Å². The zero-order valence-corrected chi connectivity index (χ0v) is 9.61. The lowest BCUT2D eigenvalue weighted by Gasteiger charge is -2.02. The maximum atomic E-state index is 12.7. The molecule has 0 radical (unpaired) electrons. The Morgan fingerprint density at radius 3 is 2.67 bits per heavy atom. The van der Waals surface area contributed by atoms with Gasteiger partial charge in [-0.2, -0.15) is 0 Å². The van der Waals surface area contributed by atoms with Gasteiger partial charge in [0.15, 0.2) is 5.78 Å². The standard InChI is InChI=1S/C11H11Cl2FO/c12-6-2-1-3-11(15)9-5-4-8(14)7-10(9)13/h4-5,7H,1-3,6H2. The molecule has 0 heterocycles. The van der Waals surface area contributed by atoms with E-state index in [9.17, 15) is 9.18 Å². The third-order valence-corrected chi connectivity index (χ3v) is 2.60. The van der Waals surface area contributed by atoms with Crippen LogP contribution in [0.15, 0.2) is 18.2 Å². The van der Waals surface area contributed by atoms with E-state index in [4.69, 9.17) is 23.2 Å². The smallest absolute Gasteiger partial charge is 0.164 e. The molecule has 0 saturated heterocycles. The Kier molecular flexibility index (Phi) is 5.06. The highest BCUT2D eigenvalue weighted by atomic mass is 35.5. The van der Waals surface area contributed by atoms with Crippen LogP contribution in [-0.2, 0) is 0 Å². The summed E-state index contributed by atoms with van der Waals surface area (Å²) in [6.07, 6.45) is 1.93. The second kappa shape index (κ2) is 6.09. The van der Waals surface area contributed by atoms with Gasteiger partial charge in [0.2, 0.25) is 0 Å². The maximum absolute atomic E-state index is 12.7. The molecule has 0 fully saturated rings. The molecule has 82 valence electrons. The van der Waals surface area contributed by atoms with Gasteiger partial charge in [0, 0.05) is 17.9 Å². The van der Waals surface area contributed by atoms with Crippen LogP contribution in [-0.4, -0.2) is 11.7 Å². The van der Waals surface area contributed by atoms with Crippen molar-refractivity contribution >= 4 is 29.0 Å². The highest BCUT2D eigenvalue weighted by molar-refractivity contribution is 6.33. The van der Waals surface area contributed by atoms with Crippen molar-refractivity contribution in [3.05, 3.63) is 34.6 Å². The largest absolute Gasteiger partial charge is 0.294 e. The van der Waals surface area contributed by atoms with Crippen molar-refractivity contribution in [2.24, 2.45) is 0 Å². The Hall–Kier alpha value is -0.600. The van der Waals surface area contributed by atoms with Crippen molar-refractivity contribution < 1.29 is 9.18 Å². The molecule has 1 rings (SSSR count). The number of carbonyl (C=O) groups is 1. The Morgan fingerprint density at radius 1 is 1.33 bits per heavy atom. The number of ketones is 1. The number of halogens is 3. The van der Waals surface area contributed by atoms with Crippen LogP contribution in [0.4, 0.5) is 4.39 Å². The lowest BCUT2D eigenvalue weighted by molar-refractivity contribution is 0.0980. The normalized spacial score (nSPS) is 10.3. The number of hydrogen-bond acceptors (Lipinski definition) is 1. The zero-order valence-electron chi connectivity index (χ0n) is 8.10. The van der Waals surface area contributed by atoms with E-state index >= 15 is 0 Å². The summed E-state index contributed by atoms with van der Waals surface area (Å²) >= 11 is 11.2. The first-order chi connectivity index (χ1) is 7.15. The first kappa shape index (κ1) is 12.5. The van der Waals surface area contributed by atoms with Crippen LogP contribution in [0.2, 0.25) is 5.02 Å². The number of rotatable bonds is 5. The first-order valence-electron chi connectivity index (χ1n) is 4.69. The highest BCUT2D eigenvalue weighted by Gasteiger charge is 2.10. The number of carbonyl (C=O) groups excluding carboxylic acids is 1. The molecular weight excluding hydrogens is 238 g/mol. The van der Waals surface area contributed by atoms with Gasteiger partial charge in [0.25, 0.3) is 0 Å². The maximum Gasteiger partial charge on any atom is 0.164 e. The van der Waals surface area contributed by atoms with E-state index in [1.165, 1.54) is 12.1 Å². The van der Waals surface area contributed by atoms with Crippen LogP contribution in [0.1, 0.15) is 29.6 Å². The van der Waals surface area contributed by atoms with E-state index in [1.807, 2.05) is 0 Å². The first-order valence-corrected chi connectivity index (χ1v) is 5.60. The molecule has 0 aliphatic carbocycles. The van der Waals surface area contributed by atoms with Crippen LogP contribution in [0.3, 0.4) is 0 Å². The summed E-state index contributed by atoms with van der Waals surface area (Å²) in [5.74, 6) is 0.0483. The minimum Gasteiger partial charge on any atom is -0.294 e. The van der Waals surface area contributed by atoms with Gasteiger partial charge in [-0.1, -0.05) is 11.6 Å². The van der Waals surface area contributed by atoms with Crippen molar-refractivity contribution in [2.45, 2.75) is 19.3 Å². The Balaban J connectivity index is 2.65. The van der Waals surface area contributed by atoms with E-state index in [-0.39, 0.29) is 10.8 Å². The van der Waals surface area contributed by atoms with Crippen LogP contribution < -0.4 is 0 Å². The van der Waals surface area contributed by atoms with Gasteiger partial charge in [-0.05, 0) is 31.0 Å². The van der Waals surface area contributed by atoms with Gasteiger partial charge in [0.1, 0.15) is 5.82 Å². The van der Waals surface area contributed by atoms with Crippen LogP contribution in [0.25, 0.3) is 0 Å². The molecule has 0 atom stereocenters. The Labute approximate surface area is 98.2 Å². The third kappa shape index (κ3) is 3.80. The molecule has 15 heavy (non-hydrogen) atoms. The van der Waals surface area contributed by atoms with Crippen molar-refractivity contribution in [1.29, 1.82) is 0 Å². The lowest BCUT2D eigenvalue weighted by atomic mass is 10.1. The molecule has 0 aliphatic rings. The molecule has 0 amide bonds. The molecule has 1 aromatic rings. The molecule has 0 saturated carbocycles. The number of unbranched alkanes of at least 4 members (excludes halogenated alkanes) is 1. The SMILES string of the molecule is O=C(CCCCCl)c1ccc(F)cc1Cl. The number of benzene rings is 1. The molecule has 0 N–H and O–H groups in total. The molecule has 1 nitrogen and oxygen atoms in total. The van der Waals surface area contributed by atoms with Gasteiger partial charge < -0.3 is 0 Å². The minimum absolute atomic E-state index is 0.0647. The molecule has 4 heteroatoms. The average Bonchev–Trinajstić information content (AvgIpc) is 2.17. The number of hydrogen-bond donors (Lipinski definition) is 0. The summed E-state index contributed by atoms with van der Waals surface area (Å²) in [5.41, 5.74) is 0.382. The summed E-state index contributed by atoms with van der Waals surface area (Å²) in [6, 6.07) is 3.80. The van der Waals surface area contributed by atoms with Crippen molar-refractivity contribution in [3.63, 3.8) is 0 Å². The molecule has 0 unspecified atom stereocenters. The second-order valence-corrected chi connectivity index (χ2v) is 3.98. The fourth-order valence-corrected chi connectivity index (χ4v) is 1.69. The Morgan fingerprint density at radius 2 is 2.07 bits per heavy atom. The predicted molar refractivity (Wildman–Crippen MR) is 60.3 cm³/mol. The second-order valence-electron chi connectivity index (χ2n) is 3.19. The lowest BCUT2D eigenvalue weighted by Crippen LogP contribution is -2.00. The topological polar surface area (TPSA) is 17.1 Å². The van der Waals surface area contributed by atoms with Crippen molar-refractivity contribution in [2.75, 3.05) is 5.88 Å². The van der Waals surface area contributed by atoms with Crippen molar-refractivity contribution in [1.82, 2.24) is 0 Å². The molecule has 0 spiro atoms. The number of alkyl halides is 1. The molecule has 0 bridgehead atoms. The van der Waals surface area contributed by atoms with Gasteiger partial charge >= 0.3 is 0 Å². The summed E-state index contributed by atoms with van der Waals surface area (Å²) in [5, 5.41) is 0.172. The molecule has 1 aromatic carbocycles. The Bertz CT molecular complexity index is 352. The zero-order chi connectivity index (χ0) is 11.3. The fourth-order valence-electron chi connectivity index (χ4n) is 1.23. The number of Topliss-reactive ketones (excluding diaryl/α,β-unsaturated/α-hetero) is 1. The van der Waals surface area contributed by atoms with Crippen molar-refractivity contribution in [3.8, 4) is 0 Å². The van der Waals surface area contributed by atoms with Crippen LogP contribution in [0, 0.1) is 5.82 Å². The summed E-state index contributed by atoms with van der Waals surface area (Å²) in [6.45, 7) is 0. The third-order valence-electron chi connectivity index (χ3n) is 2.02. The van der Waals surface area contributed by atoms with Gasteiger partial charge in [-0.15, -0.1) is 11.6 Å². The summed E-state index contributed by atoms with van der Waals surface area (Å²) in [4.78, 5) is 11.6. The van der Waals surface area contributed by atoms with Gasteiger partial charge in [-0.25, -0.2) is 4.39 Å². The van der Waals surface area contributed by atoms with E-state index in [0.717, 1.165) is 18.9 Å². The summed E-state index contributed by atoms with van der Waals surface area (Å²) in [7, 11) is 0. The predicted octanol–water partition coefficient (Wildman–Crippen LogP) is 4.07. The average molecular weight is 249 g/mol. The molecule has 0 aromatic heterocycles. The van der Waals surface area contributed by atoms with Gasteiger partial charge in [-0.3, -0.25) is 4.79 Å². The highest BCUT2D eigenvalue weighted by Crippen LogP contribution is 2.19. The fraction of sp³-hybridized carbons (Fsp3) is 0.364. The van der Waals surface area contributed by atoms with E-state index in [1.54, 1.807) is 0 Å². The summed E-state index contributed by atoms with van der Waals surface area (Å²) < 4.78 is 12.7. The molecule has 0 aliphatic heterocycles. The monoisotopic (exact) mass is 248 g/mol. The molecular formula is C11H11Cl2FO. The minimum atomic E-state index is -0.433. The van der Waals surface area contributed by atoms with Gasteiger partial charge in [0.05, 0.1) is 5.02 Å². The van der Waals surface area contributed by atoms with E-state index in [0.29, 0.717) is 17.9 Å². The quantitative estimate of drug-likeness (QED) is 0.436.